The Hall–Kier alpha value is -3.07. The Morgan fingerprint density at radius 2 is 1.52 bits per heavy atom. The van der Waals surface area contributed by atoms with Crippen LogP contribution < -0.4 is 0 Å². The number of benzene rings is 4. The van der Waals surface area contributed by atoms with E-state index < -0.39 is 11.6 Å². The Kier molecular flexibility index (Phi) is 5.39. The highest BCUT2D eigenvalue weighted by Crippen LogP contribution is 2.33. The summed E-state index contributed by atoms with van der Waals surface area (Å²) in [6.45, 7) is 2.14. The quantitative estimate of drug-likeness (QED) is 0.324. The molecular weight excluding hydrogens is 369 g/mol. The first kappa shape index (κ1) is 19.3. The van der Waals surface area contributed by atoms with Gasteiger partial charge in [-0.1, -0.05) is 67.9 Å². The van der Waals surface area contributed by atoms with Gasteiger partial charge in [0.05, 0.1) is 0 Å². The van der Waals surface area contributed by atoms with Crippen molar-refractivity contribution in [2.75, 3.05) is 0 Å². The molecular formula is C26H21F3. The molecule has 0 spiro atoms. The molecule has 0 saturated carbocycles. The first-order valence-corrected chi connectivity index (χ1v) is 9.84. The summed E-state index contributed by atoms with van der Waals surface area (Å²) in [4.78, 5) is 0. The summed E-state index contributed by atoms with van der Waals surface area (Å²) in [7, 11) is 0. The standard InChI is InChI=1S/C26H21F3/c1-2-3-5-17-8-11-23-19(14-17)10-13-24(26(23)29)20-9-12-22(25(28)16-20)18-6-4-7-21(27)15-18/h4,6-16H,2-3,5H2,1H3. The molecule has 0 radical (unpaired) electrons. The van der Waals surface area contributed by atoms with Crippen molar-refractivity contribution in [1.82, 2.24) is 0 Å². The van der Waals surface area contributed by atoms with Gasteiger partial charge < -0.3 is 0 Å². The zero-order valence-corrected chi connectivity index (χ0v) is 16.2. The molecule has 0 amide bonds. The molecule has 146 valence electrons. The molecule has 0 bridgehead atoms. The molecule has 4 aromatic carbocycles. The van der Waals surface area contributed by atoms with Crippen LogP contribution >= 0.6 is 0 Å². The highest BCUT2D eigenvalue weighted by atomic mass is 19.1. The molecule has 0 aliphatic rings. The van der Waals surface area contributed by atoms with E-state index in [9.17, 15) is 8.78 Å². The Labute approximate surface area is 168 Å². The van der Waals surface area contributed by atoms with Crippen molar-refractivity contribution >= 4 is 10.8 Å². The largest absolute Gasteiger partial charge is 0.207 e. The molecule has 0 atom stereocenters. The van der Waals surface area contributed by atoms with E-state index in [2.05, 4.69) is 6.92 Å². The van der Waals surface area contributed by atoms with E-state index in [4.69, 9.17) is 0 Å². The molecule has 0 nitrogen and oxygen atoms in total. The second-order valence-corrected chi connectivity index (χ2v) is 7.29. The topological polar surface area (TPSA) is 0 Å². The molecule has 0 saturated heterocycles. The van der Waals surface area contributed by atoms with Crippen molar-refractivity contribution in [3.8, 4) is 22.3 Å². The molecule has 0 aromatic heterocycles. The van der Waals surface area contributed by atoms with Gasteiger partial charge in [-0.25, -0.2) is 13.2 Å². The third-order valence-electron chi connectivity index (χ3n) is 5.25. The molecule has 0 aliphatic carbocycles. The van der Waals surface area contributed by atoms with Gasteiger partial charge in [-0.05, 0) is 53.1 Å². The lowest BCUT2D eigenvalue weighted by Gasteiger charge is -2.11. The van der Waals surface area contributed by atoms with Crippen molar-refractivity contribution < 1.29 is 13.2 Å². The van der Waals surface area contributed by atoms with Gasteiger partial charge in [-0.2, -0.15) is 0 Å². The molecule has 0 N–H and O–H groups in total. The Morgan fingerprint density at radius 1 is 0.724 bits per heavy atom. The minimum Gasteiger partial charge on any atom is -0.207 e. The maximum Gasteiger partial charge on any atom is 0.138 e. The van der Waals surface area contributed by atoms with Crippen molar-refractivity contribution in [2.45, 2.75) is 26.2 Å². The van der Waals surface area contributed by atoms with Gasteiger partial charge >= 0.3 is 0 Å². The Balaban J connectivity index is 1.72. The van der Waals surface area contributed by atoms with Gasteiger partial charge in [-0.3, -0.25) is 0 Å². The lowest BCUT2D eigenvalue weighted by Crippen LogP contribution is -1.92. The first-order valence-electron chi connectivity index (χ1n) is 9.84. The van der Waals surface area contributed by atoms with Crippen LogP contribution in [0.1, 0.15) is 25.3 Å². The molecule has 0 unspecified atom stereocenters. The number of hydrogen-bond acceptors (Lipinski definition) is 0. The lowest BCUT2D eigenvalue weighted by atomic mass is 9.96. The lowest BCUT2D eigenvalue weighted by molar-refractivity contribution is 0.624. The van der Waals surface area contributed by atoms with Gasteiger partial charge in [0.25, 0.3) is 0 Å². The minimum absolute atomic E-state index is 0.287. The zero-order valence-electron chi connectivity index (χ0n) is 16.2. The minimum atomic E-state index is -0.512. The van der Waals surface area contributed by atoms with Crippen molar-refractivity contribution in [3.63, 3.8) is 0 Å². The number of fused-ring (bicyclic) bond motifs is 1. The van der Waals surface area contributed by atoms with E-state index in [1.807, 2.05) is 18.2 Å². The normalized spacial score (nSPS) is 11.2. The molecule has 0 fully saturated rings. The van der Waals surface area contributed by atoms with E-state index >= 15 is 4.39 Å². The summed E-state index contributed by atoms with van der Waals surface area (Å²) in [6.07, 6.45) is 3.19. The van der Waals surface area contributed by atoms with Crippen LogP contribution in [0.25, 0.3) is 33.0 Å². The highest BCUT2D eigenvalue weighted by Gasteiger charge is 2.13. The third kappa shape index (κ3) is 3.91. The maximum atomic E-state index is 15.2. The van der Waals surface area contributed by atoms with Crippen LogP contribution in [-0.4, -0.2) is 0 Å². The smallest absolute Gasteiger partial charge is 0.138 e. The fraction of sp³-hybridized carbons (Fsp3) is 0.154. The summed E-state index contributed by atoms with van der Waals surface area (Å²) in [5.74, 6) is -1.30. The predicted octanol–water partition coefficient (Wildman–Crippen LogP) is 7.93. The van der Waals surface area contributed by atoms with E-state index in [-0.39, 0.29) is 11.4 Å². The summed E-state index contributed by atoms with van der Waals surface area (Å²) < 4.78 is 43.4. The van der Waals surface area contributed by atoms with Crippen LogP contribution in [0.15, 0.2) is 72.8 Å². The van der Waals surface area contributed by atoms with Crippen LogP contribution in [0.5, 0.6) is 0 Å². The zero-order chi connectivity index (χ0) is 20.4. The van der Waals surface area contributed by atoms with Crippen molar-refractivity contribution in [2.24, 2.45) is 0 Å². The van der Waals surface area contributed by atoms with Gasteiger partial charge in [0.15, 0.2) is 0 Å². The van der Waals surface area contributed by atoms with E-state index in [0.29, 0.717) is 22.1 Å². The number of halogens is 3. The average Bonchev–Trinajstić information content (AvgIpc) is 2.72. The summed E-state index contributed by atoms with van der Waals surface area (Å²) in [5, 5.41) is 1.37. The molecule has 0 aliphatic heterocycles. The molecule has 4 rings (SSSR count). The molecule has 29 heavy (non-hydrogen) atoms. The molecule has 0 heterocycles. The van der Waals surface area contributed by atoms with Gasteiger partial charge in [0.1, 0.15) is 17.5 Å². The Bertz CT molecular complexity index is 1180. The Morgan fingerprint density at radius 3 is 2.28 bits per heavy atom. The first-order chi connectivity index (χ1) is 14.1. The van der Waals surface area contributed by atoms with Crippen LogP contribution in [-0.2, 0) is 6.42 Å². The van der Waals surface area contributed by atoms with Crippen LogP contribution in [0, 0.1) is 17.5 Å². The fourth-order valence-corrected chi connectivity index (χ4v) is 3.67. The predicted molar refractivity (Wildman–Crippen MR) is 113 cm³/mol. The van der Waals surface area contributed by atoms with Gasteiger partial charge in [0.2, 0.25) is 0 Å². The number of hydrogen-bond donors (Lipinski definition) is 0. The van der Waals surface area contributed by atoms with Crippen LogP contribution in [0.3, 0.4) is 0 Å². The second-order valence-electron chi connectivity index (χ2n) is 7.29. The summed E-state index contributed by atoms with van der Waals surface area (Å²) in [6, 6.07) is 19.7. The average molecular weight is 390 g/mol. The summed E-state index contributed by atoms with van der Waals surface area (Å²) >= 11 is 0. The van der Waals surface area contributed by atoms with Crippen LogP contribution in [0.2, 0.25) is 0 Å². The van der Waals surface area contributed by atoms with E-state index in [0.717, 1.165) is 24.6 Å². The van der Waals surface area contributed by atoms with Crippen molar-refractivity contribution in [1.29, 1.82) is 0 Å². The van der Waals surface area contributed by atoms with Crippen molar-refractivity contribution in [3.05, 3.63) is 95.8 Å². The van der Waals surface area contributed by atoms with Gasteiger partial charge in [-0.15, -0.1) is 0 Å². The van der Waals surface area contributed by atoms with E-state index in [1.54, 1.807) is 30.3 Å². The number of unbranched alkanes of at least 4 members (excludes halogenated alkanes) is 1. The van der Waals surface area contributed by atoms with E-state index in [1.165, 1.54) is 29.8 Å². The van der Waals surface area contributed by atoms with Gasteiger partial charge in [0, 0.05) is 16.5 Å². The SMILES string of the molecule is CCCCc1ccc2c(F)c(-c3ccc(-c4cccc(F)c4)c(F)c3)ccc2c1. The fourth-order valence-electron chi connectivity index (χ4n) is 3.67. The number of rotatable bonds is 5. The monoisotopic (exact) mass is 390 g/mol. The highest BCUT2D eigenvalue weighted by molar-refractivity contribution is 5.89. The number of aryl methyl sites for hydroxylation is 1. The molecule has 3 heteroatoms. The maximum absolute atomic E-state index is 15.2. The second kappa shape index (κ2) is 8.12. The summed E-state index contributed by atoms with van der Waals surface area (Å²) in [5.41, 5.74) is 2.74. The van der Waals surface area contributed by atoms with Crippen LogP contribution in [0.4, 0.5) is 13.2 Å². The molecule has 4 aromatic rings. The third-order valence-corrected chi connectivity index (χ3v) is 5.25.